The standard InChI is InChI=1S/C22H31N3O5S/c1-5-30-22(29)17-10-12-25(13-11-17)20(27)14-24(4)21(28)15(2)31-19-8-6-18(7-9-19)23-16(3)26/h6-9,15,17H,5,10-14H2,1-4H3,(H,23,26). The fourth-order valence-corrected chi connectivity index (χ4v) is 4.37. The van der Waals surface area contributed by atoms with Crippen LogP contribution in [0.15, 0.2) is 29.2 Å². The topological polar surface area (TPSA) is 96.0 Å². The fraction of sp³-hybridized carbons (Fsp3) is 0.545. The lowest BCUT2D eigenvalue weighted by atomic mass is 9.97. The van der Waals surface area contributed by atoms with Crippen molar-refractivity contribution in [3.63, 3.8) is 0 Å². The second-order valence-corrected chi connectivity index (χ2v) is 8.98. The molecule has 1 heterocycles. The number of hydrogen-bond acceptors (Lipinski definition) is 6. The van der Waals surface area contributed by atoms with Crippen LogP contribution in [-0.4, -0.2) is 72.0 Å². The SMILES string of the molecule is CCOC(=O)C1CCN(C(=O)CN(C)C(=O)C(C)Sc2ccc(NC(C)=O)cc2)CC1. The second kappa shape index (κ2) is 11.7. The molecule has 1 fully saturated rings. The van der Waals surface area contributed by atoms with Crippen LogP contribution in [0.4, 0.5) is 5.69 Å². The molecule has 170 valence electrons. The molecule has 0 saturated carbocycles. The zero-order chi connectivity index (χ0) is 23.0. The molecular formula is C22H31N3O5S. The van der Waals surface area contributed by atoms with Crippen LogP contribution >= 0.6 is 11.8 Å². The normalized spacial score (nSPS) is 15.2. The third kappa shape index (κ3) is 7.57. The molecule has 1 atom stereocenters. The minimum absolute atomic E-state index is 0.00920. The van der Waals surface area contributed by atoms with E-state index in [4.69, 9.17) is 4.74 Å². The van der Waals surface area contributed by atoms with E-state index in [1.165, 1.54) is 23.6 Å². The van der Waals surface area contributed by atoms with E-state index >= 15 is 0 Å². The molecule has 9 heteroatoms. The largest absolute Gasteiger partial charge is 0.466 e. The van der Waals surface area contributed by atoms with Crippen LogP contribution in [0.1, 0.15) is 33.6 Å². The van der Waals surface area contributed by atoms with Crippen molar-refractivity contribution in [1.82, 2.24) is 9.80 Å². The number of carbonyl (C=O) groups is 4. The summed E-state index contributed by atoms with van der Waals surface area (Å²) in [5, 5.41) is 2.34. The summed E-state index contributed by atoms with van der Waals surface area (Å²) in [5.41, 5.74) is 0.699. The molecule has 1 aliphatic heterocycles. The van der Waals surface area contributed by atoms with Crippen molar-refractivity contribution in [2.24, 2.45) is 5.92 Å². The van der Waals surface area contributed by atoms with Crippen molar-refractivity contribution in [3.05, 3.63) is 24.3 Å². The number of piperidine rings is 1. The highest BCUT2D eigenvalue weighted by Gasteiger charge is 2.29. The molecule has 1 aromatic carbocycles. The molecule has 0 aliphatic carbocycles. The lowest BCUT2D eigenvalue weighted by Gasteiger charge is -2.32. The van der Waals surface area contributed by atoms with Gasteiger partial charge in [0, 0.05) is 37.6 Å². The van der Waals surface area contributed by atoms with Gasteiger partial charge in [-0.1, -0.05) is 0 Å². The first-order valence-electron chi connectivity index (χ1n) is 10.4. The number of amides is 3. The predicted octanol–water partition coefficient (Wildman–Crippen LogP) is 2.39. The molecule has 2 rings (SSSR count). The first-order chi connectivity index (χ1) is 14.7. The number of rotatable bonds is 8. The average Bonchev–Trinajstić information content (AvgIpc) is 2.74. The number of benzene rings is 1. The summed E-state index contributed by atoms with van der Waals surface area (Å²) in [6.07, 6.45) is 1.17. The van der Waals surface area contributed by atoms with Gasteiger partial charge in [0.2, 0.25) is 17.7 Å². The number of likely N-dealkylation sites (N-methyl/N-ethyl adjacent to an activating group) is 1. The Morgan fingerprint density at radius 2 is 1.81 bits per heavy atom. The van der Waals surface area contributed by atoms with E-state index in [9.17, 15) is 19.2 Å². The number of anilines is 1. The number of thioether (sulfide) groups is 1. The zero-order valence-electron chi connectivity index (χ0n) is 18.6. The van der Waals surface area contributed by atoms with Crippen LogP contribution in [0, 0.1) is 5.92 Å². The van der Waals surface area contributed by atoms with E-state index in [-0.39, 0.29) is 41.4 Å². The molecule has 0 spiro atoms. The Morgan fingerprint density at radius 3 is 2.35 bits per heavy atom. The summed E-state index contributed by atoms with van der Waals surface area (Å²) in [7, 11) is 1.63. The van der Waals surface area contributed by atoms with Gasteiger partial charge in [-0.15, -0.1) is 11.8 Å². The second-order valence-electron chi connectivity index (χ2n) is 7.57. The highest BCUT2D eigenvalue weighted by molar-refractivity contribution is 8.00. The van der Waals surface area contributed by atoms with Gasteiger partial charge < -0.3 is 19.9 Å². The number of likely N-dealkylation sites (tertiary alicyclic amines) is 1. The van der Waals surface area contributed by atoms with Crippen molar-refractivity contribution in [2.75, 3.05) is 38.6 Å². The number of esters is 1. The van der Waals surface area contributed by atoms with Gasteiger partial charge in [-0.25, -0.2) is 0 Å². The predicted molar refractivity (Wildman–Crippen MR) is 120 cm³/mol. The van der Waals surface area contributed by atoms with E-state index in [2.05, 4.69) is 5.32 Å². The minimum Gasteiger partial charge on any atom is -0.466 e. The van der Waals surface area contributed by atoms with Crippen molar-refractivity contribution in [2.45, 2.75) is 43.8 Å². The van der Waals surface area contributed by atoms with E-state index < -0.39 is 0 Å². The van der Waals surface area contributed by atoms with Gasteiger partial charge in [0.1, 0.15) is 0 Å². The molecular weight excluding hydrogens is 418 g/mol. The summed E-state index contributed by atoms with van der Waals surface area (Å²) in [4.78, 5) is 52.3. The molecule has 31 heavy (non-hydrogen) atoms. The molecule has 8 nitrogen and oxygen atoms in total. The zero-order valence-corrected chi connectivity index (χ0v) is 19.4. The maximum absolute atomic E-state index is 12.7. The van der Waals surface area contributed by atoms with Crippen LogP contribution in [-0.2, 0) is 23.9 Å². The Bertz CT molecular complexity index is 791. The van der Waals surface area contributed by atoms with Gasteiger partial charge in [-0.2, -0.15) is 0 Å². The lowest BCUT2D eigenvalue weighted by Crippen LogP contribution is -2.46. The third-order valence-electron chi connectivity index (χ3n) is 5.05. The summed E-state index contributed by atoms with van der Waals surface area (Å²) < 4.78 is 5.06. The van der Waals surface area contributed by atoms with Crippen LogP contribution in [0.2, 0.25) is 0 Å². The first-order valence-corrected chi connectivity index (χ1v) is 11.3. The van der Waals surface area contributed by atoms with Crippen molar-refractivity contribution in [3.8, 4) is 0 Å². The number of carbonyl (C=O) groups excluding carboxylic acids is 4. The van der Waals surface area contributed by atoms with Gasteiger partial charge in [0.15, 0.2) is 0 Å². The third-order valence-corrected chi connectivity index (χ3v) is 6.15. The van der Waals surface area contributed by atoms with Crippen LogP contribution in [0.25, 0.3) is 0 Å². The van der Waals surface area contributed by atoms with Crippen molar-refractivity contribution in [1.29, 1.82) is 0 Å². The Kier molecular flexibility index (Phi) is 9.36. The van der Waals surface area contributed by atoms with Crippen molar-refractivity contribution < 1.29 is 23.9 Å². The molecule has 0 aromatic heterocycles. The van der Waals surface area contributed by atoms with E-state index in [1.807, 2.05) is 12.1 Å². The van der Waals surface area contributed by atoms with Crippen molar-refractivity contribution >= 4 is 41.1 Å². The van der Waals surface area contributed by atoms with E-state index in [0.717, 1.165) is 4.90 Å². The molecule has 1 aromatic rings. The summed E-state index contributed by atoms with van der Waals surface area (Å²) >= 11 is 1.40. The first kappa shape index (κ1) is 24.7. The summed E-state index contributed by atoms with van der Waals surface area (Å²) in [6, 6.07) is 7.26. The maximum Gasteiger partial charge on any atom is 0.309 e. The summed E-state index contributed by atoms with van der Waals surface area (Å²) in [6.45, 7) is 6.40. The average molecular weight is 450 g/mol. The quantitative estimate of drug-likeness (QED) is 0.484. The Hall–Kier alpha value is -2.55. The van der Waals surface area contributed by atoms with Gasteiger partial charge in [0.05, 0.1) is 24.3 Å². The van der Waals surface area contributed by atoms with Gasteiger partial charge in [-0.3, -0.25) is 19.2 Å². The molecule has 1 unspecified atom stereocenters. The van der Waals surface area contributed by atoms with E-state index in [1.54, 1.807) is 37.9 Å². The number of ether oxygens (including phenoxy) is 1. The van der Waals surface area contributed by atoms with Gasteiger partial charge in [-0.05, 0) is 51.0 Å². The maximum atomic E-state index is 12.7. The smallest absolute Gasteiger partial charge is 0.309 e. The highest BCUT2D eigenvalue weighted by Crippen LogP contribution is 2.26. The number of hydrogen-bond donors (Lipinski definition) is 1. The van der Waals surface area contributed by atoms with Gasteiger partial charge in [0.25, 0.3) is 0 Å². The monoisotopic (exact) mass is 449 g/mol. The summed E-state index contributed by atoms with van der Waals surface area (Å²) in [5.74, 6) is -0.740. The molecule has 0 bridgehead atoms. The molecule has 0 radical (unpaired) electrons. The molecule has 1 N–H and O–H groups in total. The van der Waals surface area contributed by atoms with Gasteiger partial charge >= 0.3 is 5.97 Å². The Morgan fingerprint density at radius 1 is 1.19 bits per heavy atom. The molecule has 1 saturated heterocycles. The highest BCUT2D eigenvalue weighted by atomic mass is 32.2. The van der Waals surface area contributed by atoms with E-state index in [0.29, 0.717) is 38.2 Å². The number of nitrogens with zero attached hydrogens (tertiary/aromatic N) is 2. The Labute approximate surface area is 187 Å². The minimum atomic E-state index is -0.362. The Balaban J connectivity index is 1.81. The fourth-order valence-electron chi connectivity index (χ4n) is 3.39. The van der Waals surface area contributed by atoms with Crippen LogP contribution < -0.4 is 5.32 Å². The molecule has 3 amide bonds. The van der Waals surface area contributed by atoms with Crippen LogP contribution in [0.5, 0.6) is 0 Å². The lowest BCUT2D eigenvalue weighted by molar-refractivity contribution is -0.151. The van der Waals surface area contributed by atoms with Crippen LogP contribution in [0.3, 0.4) is 0 Å². The molecule has 1 aliphatic rings. The number of nitrogens with one attached hydrogen (secondary N) is 1.